The summed E-state index contributed by atoms with van der Waals surface area (Å²) < 4.78 is 61.0. The van der Waals surface area contributed by atoms with E-state index < -0.39 is 50.6 Å². The number of hydrogen-bond donors (Lipinski definition) is 2. The van der Waals surface area contributed by atoms with Crippen molar-refractivity contribution >= 4 is 27.6 Å². The van der Waals surface area contributed by atoms with Crippen molar-refractivity contribution in [2.75, 3.05) is 6.54 Å². The van der Waals surface area contributed by atoms with Gasteiger partial charge in [-0.2, -0.15) is 13.2 Å². The third kappa shape index (κ3) is 4.61. The van der Waals surface area contributed by atoms with E-state index in [1.54, 1.807) is 0 Å². The lowest BCUT2D eigenvalue weighted by Crippen LogP contribution is -2.45. The molecule has 0 saturated heterocycles. The molecule has 1 saturated carbocycles. The predicted molar refractivity (Wildman–Crippen MR) is 88.6 cm³/mol. The summed E-state index contributed by atoms with van der Waals surface area (Å²) in [6.07, 6.45) is 1.23. The first kappa shape index (κ1) is 21.7. The number of nitrogens with zero attached hydrogens (tertiary/aromatic N) is 1. The zero-order valence-electron chi connectivity index (χ0n) is 14.6. The Morgan fingerprint density at radius 2 is 1.75 bits per heavy atom. The molecule has 1 aliphatic rings. The average molecular weight is 422 g/mol. The number of rotatable bonds is 7. The van der Waals surface area contributed by atoms with E-state index >= 15 is 0 Å². The topological polar surface area (TPSA) is 121 Å². The van der Waals surface area contributed by atoms with Crippen LogP contribution in [-0.4, -0.2) is 54.3 Å². The molecule has 1 aliphatic carbocycles. The number of carboxylic acids is 1. The Morgan fingerprint density at radius 3 is 2.14 bits per heavy atom. The molecule has 0 aliphatic heterocycles. The van der Waals surface area contributed by atoms with Crippen LogP contribution in [0.15, 0.2) is 29.2 Å². The van der Waals surface area contributed by atoms with Gasteiger partial charge >= 0.3 is 11.5 Å². The molecule has 0 aromatic heterocycles. The molecule has 154 valence electrons. The van der Waals surface area contributed by atoms with E-state index in [0.29, 0.717) is 25.0 Å². The molecular weight excluding hydrogens is 405 g/mol. The van der Waals surface area contributed by atoms with Crippen molar-refractivity contribution in [2.45, 2.75) is 42.3 Å². The molecule has 2 rings (SSSR count). The quantitative estimate of drug-likeness (QED) is 0.682. The van der Waals surface area contributed by atoms with Crippen LogP contribution in [0.2, 0.25) is 0 Å². The molecule has 0 radical (unpaired) electrons. The number of benzene rings is 1. The highest BCUT2D eigenvalue weighted by atomic mass is 32.2. The largest absolute Gasteiger partial charge is 0.501 e. The van der Waals surface area contributed by atoms with Gasteiger partial charge in [0.05, 0.1) is 4.90 Å². The maximum Gasteiger partial charge on any atom is 0.501 e. The number of carboxylic acid groups (broad SMARTS) is 1. The minimum absolute atomic E-state index is 0.0612. The maximum absolute atomic E-state index is 12.7. The molecule has 2 N–H and O–H groups in total. The van der Waals surface area contributed by atoms with E-state index in [2.05, 4.69) is 5.32 Å². The third-order valence-electron chi connectivity index (χ3n) is 4.06. The molecule has 2 amide bonds. The number of amides is 2. The fourth-order valence-corrected chi connectivity index (χ4v) is 3.42. The SMILES string of the molecule is CC(=O)N(C1CC1)C(C(=O)NCC(=O)O)c1ccc(S(=O)(=O)C(F)(F)F)cc1. The molecule has 1 unspecified atom stereocenters. The van der Waals surface area contributed by atoms with E-state index in [1.807, 2.05) is 0 Å². The van der Waals surface area contributed by atoms with Gasteiger partial charge in [0, 0.05) is 13.0 Å². The second-order valence-corrected chi connectivity index (χ2v) is 8.13. The number of aliphatic carboxylic acids is 1. The number of carbonyl (C=O) groups excluding carboxylic acids is 2. The van der Waals surface area contributed by atoms with Crippen LogP contribution in [-0.2, 0) is 24.2 Å². The van der Waals surface area contributed by atoms with Crippen LogP contribution in [0, 0.1) is 0 Å². The van der Waals surface area contributed by atoms with Gasteiger partial charge in [0.1, 0.15) is 12.6 Å². The zero-order valence-corrected chi connectivity index (χ0v) is 15.4. The Hall–Kier alpha value is -2.63. The molecule has 0 bridgehead atoms. The standard InChI is InChI=1S/C16H17F3N2O6S/c1-9(22)21(11-4-5-11)14(15(25)20-8-13(23)24)10-2-6-12(7-3-10)28(26,27)16(17,18)19/h2-3,6-7,11,14H,4-5,8H2,1H3,(H,20,25)(H,23,24). The molecule has 28 heavy (non-hydrogen) atoms. The van der Waals surface area contributed by atoms with Crippen LogP contribution in [0.25, 0.3) is 0 Å². The lowest BCUT2D eigenvalue weighted by molar-refractivity contribution is -0.142. The first-order chi connectivity index (χ1) is 12.9. The molecule has 1 aromatic rings. The molecule has 12 heteroatoms. The van der Waals surface area contributed by atoms with Gasteiger partial charge in [-0.05, 0) is 30.5 Å². The molecule has 1 atom stereocenters. The van der Waals surface area contributed by atoms with Gasteiger partial charge in [0.25, 0.3) is 9.84 Å². The van der Waals surface area contributed by atoms with Gasteiger partial charge in [-0.3, -0.25) is 14.4 Å². The molecule has 1 fully saturated rings. The lowest BCUT2D eigenvalue weighted by atomic mass is 10.0. The monoisotopic (exact) mass is 422 g/mol. The van der Waals surface area contributed by atoms with Gasteiger partial charge in [-0.25, -0.2) is 8.42 Å². The van der Waals surface area contributed by atoms with Gasteiger partial charge in [0.2, 0.25) is 11.8 Å². The number of nitrogens with one attached hydrogen (secondary N) is 1. The second-order valence-electron chi connectivity index (χ2n) is 6.19. The molecular formula is C16H17F3N2O6S. The Labute approximate surface area is 158 Å². The summed E-state index contributed by atoms with van der Waals surface area (Å²) in [7, 11) is -5.56. The van der Waals surface area contributed by atoms with E-state index in [0.717, 1.165) is 12.1 Å². The fourth-order valence-electron chi connectivity index (χ4n) is 2.66. The highest BCUT2D eigenvalue weighted by molar-refractivity contribution is 7.92. The molecule has 0 spiro atoms. The number of sulfone groups is 1. The van der Waals surface area contributed by atoms with Crippen LogP contribution >= 0.6 is 0 Å². The van der Waals surface area contributed by atoms with Crippen molar-refractivity contribution in [1.82, 2.24) is 10.2 Å². The summed E-state index contributed by atoms with van der Waals surface area (Å²) in [5, 5.41) is 10.9. The number of alkyl halides is 3. The molecule has 1 aromatic carbocycles. The summed E-state index contributed by atoms with van der Waals surface area (Å²) in [5.74, 6) is -2.64. The van der Waals surface area contributed by atoms with Crippen molar-refractivity contribution in [3.05, 3.63) is 29.8 Å². The van der Waals surface area contributed by atoms with Gasteiger partial charge in [-0.15, -0.1) is 0 Å². The maximum atomic E-state index is 12.7. The fraction of sp³-hybridized carbons (Fsp3) is 0.438. The minimum atomic E-state index is -5.56. The summed E-state index contributed by atoms with van der Waals surface area (Å²) in [6.45, 7) is 0.491. The number of carbonyl (C=O) groups is 3. The Bertz CT molecular complexity index is 879. The average Bonchev–Trinajstić information content (AvgIpc) is 3.40. The number of hydrogen-bond acceptors (Lipinski definition) is 5. The normalized spacial score (nSPS) is 15.6. The Kier molecular flexibility index (Phi) is 6.02. The lowest BCUT2D eigenvalue weighted by Gasteiger charge is -2.30. The van der Waals surface area contributed by atoms with Crippen molar-refractivity contribution in [2.24, 2.45) is 0 Å². The van der Waals surface area contributed by atoms with Crippen LogP contribution < -0.4 is 5.32 Å². The van der Waals surface area contributed by atoms with E-state index in [9.17, 15) is 36.0 Å². The Morgan fingerprint density at radius 1 is 1.21 bits per heavy atom. The van der Waals surface area contributed by atoms with Crippen molar-refractivity contribution in [3.63, 3.8) is 0 Å². The first-order valence-electron chi connectivity index (χ1n) is 8.06. The first-order valence-corrected chi connectivity index (χ1v) is 9.54. The van der Waals surface area contributed by atoms with Crippen molar-refractivity contribution in [3.8, 4) is 0 Å². The van der Waals surface area contributed by atoms with E-state index in [1.165, 1.54) is 11.8 Å². The summed E-state index contributed by atoms with van der Waals surface area (Å²) in [4.78, 5) is 35.4. The minimum Gasteiger partial charge on any atom is -0.480 e. The van der Waals surface area contributed by atoms with Crippen molar-refractivity contribution in [1.29, 1.82) is 0 Å². The van der Waals surface area contributed by atoms with Crippen LogP contribution in [0.5, 0.6) is 0 Å². The van der Waals surface area contributed by atoms with Gasteiger partial charge in [0.15, 0.2) is 0 Å². The van der Waals surface area contributed by atoms with Gasteiger partial charge < -0.3 is 15.3 Å². The molecule has 8 nitrogen and oxygen atoms in total. The van der Waals surface area contributed by atoms with Gasteiger partial charge in [-0.1, -0.05) is 12.1 Å². The summed E-state index contributed by atoms with van der Waals surface area (Å²) in [5.41, 5.74) is -5.42. The van der Waals surface area contributed by atoms with E-state index in [-0.39, 0.29) is 11.6 Å². The summed E-state index contributed by atoms with van der Waals surface area (Å²) >= 11 is 0. The molecule has 0 heterocycles. The predicted octanol–water partition coefficient (Wildman–Crippen LogP) is 1.23. The van der Waals surface area contributed by atoms with Crippen LogP contribution in [0.4, 0.5) is 13.2 Å². The van der Waals surface area contributed by atoms with Crippen LogP contribution in [0.1, 0.15) is 31.4 Å². The highest BCUT2D eigenvalue weighted by Crippen LogP contribution is 2.36. The Balaban J connectivity index is 2.41. The second kappa shape index (κ2) is 7.78. The summed E-state index contributed by atoms with van der Waals surface area (Å²) in [6, 6.07) is 1.83. The highest BCUT2D eigenvalue weighted by Gasteiger charge is 2.47. The zero-order chi connectivity index (χ0) is 21.3. The van der Waals surface area contributed by atoms with E-state index in [4.69, 9.17) is 5.11 Å². The van der Waals surface area contributed by atoms with Crippen molar-refractivity contribution < 1.29 is 41.1 Å². The third-order valence-corrected chi connectivity index (χ3v) is 5.56. The smallest absolute Gasteiger partial charge is 0.480 e. The number of halogens is 3. The van der Waals surface area contributed by atoms with Crippen LogP contribution in [0.3, 0.4) is 0 Å².